The van der Waals surface area contributed by atoms with E-state index in [9.17, 15) is 0 Å². The molecule has 4 aromatic rings. The van der Waals surface area contributed by atoms with Gasteiger partial charge in [0.05, 0.1) is 13.2 Å². The summed E-state index contributed by atoms with van der Waals surface area (Å²) in [6.07, 6.45) is 2.62. The largest absolute Gasteiger partial charge is 0.478 e. The van der Waals surface area contributed by atoms with E-state index in [0.717, 1.165) is 29.9 Å². The minimum absolute atomic E-state index is 0.621. The van der Waals surface area contributed by atoms with Crippen molar-refractivity contribution >= 4 is 0 Å². The number of benzene rings is 2. The Balaban J connectivity index is 1.36. The molecule has 152 valence electrons. The Labute approximate surface area is 176 Å². The molecule has 0 aliphatic heterocycles. The van der Waals surface area contributed by atoms with Gasteiger partial charge in [0.15, 0.2) is 0 Å². The predicted octanol–water partition coefficient (Wildman–Crippen LogP) is 3.95. The van der Waals surface area contributed by atoms with Crippen LogP contribution in [0, 0.1) is 0 Å². The summed E-state index contributed by atoms with van der Waals surface area (Å²) in [5.41, 5.74) is 4.12. The molecule has 30 heavy (non-hydrogen) atoms. The SMILES string of the molecule is c1ccc(Cn2nc(CNCCCOc3ccccn3)c(-c3ccccc3)n2)cc1. The van der Waals surface area contributed by atoms with Gasteiger partial charge in [-0.05, 0) is 24.6 Å². The summed E-state index contributed by atoms with van der Waals surface area (Å²) in [4.78, 5) is 5.94. The van der Waals surface area contributed by atoms with Gasteiger partial charge in [0.2, 0.25) is 5.88 Å². The third kappa shape index (κ3) is 5.52. The highest BCUT2D eigenvalue weighted by Crippen LogP contribution is 2.20. The van der Waals surface area contributed by atoms with Gasteiger partial charge >= 0.3 is 0 Å². The Kier molecular flexibility index (Phi) is 6.81. The lowest BCUT2D eigenvalue weighted by atomic mass is 10.1. The summed E-state index contributed by atoms with van der Waals surface area (Å²) in [7, 11) is 0. The first-order valence-corrected chi connectivity index (χ1v) is 10.2. The summed E-state index contributed by atoms with van der Waals surface area (Å²) in [5.74, 6) is 0.660. The molecule has 0 saturated carbocycles. The second-order valence-corrected chi connectivity index (χ2v) is 6.92. The van der Waals surface area contributed by atoms with E-state index < -0.39 is 0 Å². The predicted molar refractivity (Wildman–Crippen MR) is 117 cm³/mol. The van der Waals surface area contributed by atoms with Gasteiger partial charge in [0.25, 0.3) is 0 Å². The summed E-state index contributed by atoms with van der Waals surface area (Å²) in [5, 5.41) is 13.0. The van der Waals surface area contributed by atoms with Crippen LogP contribution in [0.4, 0.5) is 0 Å². The lowest BCUT2D eigenvalue weighted by molar-refractivity contribution is 0.296. The van der Waals surface area contributed by atoms with Crippen molar-refractivity contribution < 1.29 is 4.74 Å². The third-order valence-corrected chi connectivity index (χ3v) is 4.62. The van der Waals surface area contributed by atoms with E-state index in [1.807, 2.05) is 54.6 Å². The molecule has 0 aliphatic rings. The topological polar surface area (TPSA) is 64.9 Å². The van der Waals surface area contributed by atoms with Gasteiger partial charge in [-0.3, -0.25) is 0 Å². The van der Waals surface area contributed by atoms with Crippen LogP contribution >= 0.6 is 0 Å². The first-order valence-electron chi connectivity index (χ1n) is 10.2. The fraction of sp³-hybridized carbons (Fsp3) is 0.208. The first-order chi connectivity index (χ1) is 14.9. The molecule has 6 nitrogen and oxygen atoms in total. The van der Waals surface area contributed by atoms with E-state index in [2.05, 4.69) is 34.6 Å². The molecule has 0 radical (unpaired) electrons. The molecule has 0 fully saturated rings. The van der Waals surface area contributed by atoms with E-state index in [1.165, 1.54) is 5.56 Å². The minimum atomic E-state index is 0.621. The molecule has 4 rings (SSSR count). The standard InChI is InChI=1S/C24H25N5O/c1-3-10-20(11-4-1)19-29-27-22(24(28-29)21-12-5-2-6-13-21)18-25-15-9-17-30-23-14-7-8-16-26-23/h1-8,10-14,16,25H,9,15,17-19H2. The number of pyridine rings is 1. The van der Waals surface area contributed by atoms with Crippen molar-refractivity contribution in [1.29, 1.82) is 0 Å². The van der Waals surface area contributed by atoms with E-state index >= 15 is 0 Å². The molecule has 6 heteroatoms. The summed E-state index contributed by atoms with van der Waals surface area (Å²) in [6.45, 7) is 2.75. The molecule has 0 spiro atoms. The molecule has 0 amide bonds. The average molecular weight is 399 g/mol. The van der Waals surface area contributed by atoms with Gasteiger partial charge in [0.1, 0.15) is 11.4 Å². The van der Waals surface area contributed by atoms with Gasteiger partial charge in [0, 0.05) is 24.4 Å². The minimum Gasteiger partial charge on any atom is -0.478 e. The maximum Gasteiger partial charge on any atom is 0.213 e. The summed E-state index contributed by atoms with van der Waals surface area (Å²) >= 11 is 0. The molecule has 2 aromatic carbocycles. The van der Waals surface area contributed by atoms with Crippen LogP contribution in [0.1, 0.15) is 17.7 Å². The molecule has 0 unspecified atom stereocenters. The van der Waals surface area contributed by atoms with Gasteiger partial charge in [-0.15, -0.1) is 0 Å². The van der Waals surface area contributed by atoms with Crippen LogP contribution in [0.25, 0.3) is 11.3 Å². The van der Waals surface area contributed by atoms with Crippen LogP contribution in [0.5, 0.6) is 5.88 Å². The number of nitrogens with one attached hydrogen (secondary N) is 1. The number of rotatable bonds is 10. The first kappa shape index (κ1) is 19.8. The molecule has 1 N–H and O–H groups in total. The zero-order valence-electron chi connectivity index (χ0n) is 16.8. The Bertz CT molecular complexity index is 1020. The number of ether oxygens (including phenoxy) is 1. The second kappa shape index (κ2) is 10.3. The Morgan fingerprint density at radius 3 is 2.37 bits per heavy atom. The number of nitrogens with zero attached hydrogens (tertiary/aromatic N) is 4. The molecular weight excluding hydrogens is 374 g/mol. The Morgan fingerprint density at radius 1 is 0.833 bits per heavy atom. The Hall–Kier alpha value is -3.51. The molecule has 2 heterocycles. The molecular formula is C24H25N5O. The van der Waals surface area contributed by atoms with Crippen molar-refractivity contribution in [2.45, 2.75) is 19.5 Å². The zero-order chi connectivity index (χ0) is 20.4. The highest BCUT2D eigenvalue weighted by atomic mass is 16.5. The zero-order valence-corrected chi connectivity index (χ0v) is 16.8. The van der Waals surface area contributed by atoms with Gasteiger partial charge < -0.3 is 10.1 Å². The van der Waals surface area contributed by atoms with Crippen LogP contribution in [-0.4, -0.2) is 33.1 Å². The van der Waals surface area contributed by atoms with Gasteiger partial charge in [-0.2, -0.15) is 15.0 Å². The molecule has 0 saturated heterocycles. The van der Waals surface area contributed by atoms with Crippen LogP contribution in [-0.2, 0) is 13.1 Å². The third-order valence-electron chi connectivity index (χ3n) is 4.62. The van der Waals surface area contributed by atoms with E-state index in [0.29, 0.717) is 25.6 Å². The fourth-order valence-electron chi connectivity index (χ4n) is 3.15. The Morgan fingerprint density at radius 2 is 1.60 bits per heavy atom. The lowest BCUT2D eigenvalue weighted by Gasteiger charge is -2.06. The molecule has 0 bridgehead atoms. The number of aromatic nitrogens is 4. The van der Waals surface area contributed by atoms with Crippen LogP contribution < -0.4 is 10.1 Å². The lowest BCUT2D eigenvalue weighted by Crippen LogP contribution is -2.18. The number of hydrogen-bond donors (Lipinski definition) is 1. The van der Waals surface area contributed by atoms with Crippen molar-refractivity contribution in [3.8, 4) is 17.1 Å². The molecule has 0 atom stereocenters. The van der Waals surface area contributed by atoms with Crippen molar-refractivity contribution in [3.05, 3.63) is 96.3 Å². The quantitative estimate of drug-likeness (QED) is 0.409. The molecule has 2 aromatic heterocycles. The van der Waals surface area contributed by atoms with Crippen LogP contribution in [0.2, 0.25) is 0 Å². The van der Waals surface area contributed by atoms with Crippen LogP contribution in [0.15, 0.2) is 85.1 Å². The van der Waals surface area contributed by atoms with E-state index in [1.54, 1.807) is 11.0 Å². The van der Waals surface area contributed by atoms with E-state index in [-0.39, 0.29) is 0 Å². The van der Waals surface area contributed by atoms with Gasteiger partial charge in [-0.1, -0.05) is 66.7 Å². The van der Waals surface area contributed by atoms with Crippen LogP contribution in [0.3, 0.4) is 0 Å². The van der Waals surface area contributed by atoms with Gasteiger partial charge in [-0.25, -0.2) is 4.98 Å². The average Bonchev–Trinajstić information content (AvgIpc) is 3.20. The van der Waals surface area contributed by atoms with Crippen molar-refractivity contribution in [1.82, 2.24) is 25.3 Å². The van der Waals surface area contributed by atoms with Crippen molar-refractivity contribution in [2.75, 3.05) is 13.2 Å². The maximum absolute atomic E-state index is 5.64. The maximum atomic E-state index is 5.64. The highest BCUT2D eigenvalue weighted by molar-refractivity contribution is 5.60. The summed E-state index contributed by atoms with van der Waals surface area (Å²) < 4.78 is 5.64. The second-order valence-electron chi connectivity index (χ2n) is 6.92. The fourth-order valence-corrected chi connectivity index (χ4v) is 3.15. The van der Waals surface area contributed by atoms with Crippen molar-refractivity contribution in [3.63, 3.8) is 0 Å². The smallest absolute Gasteiger partial charge is 0.213 e. The number of hydrogen-bond acceptors (Lipinski definition) is 5. The summed E-state index contributed by atoms with van der Waals surface area (Å²) in [6, 6.07) is 26.1. The highest BCUT2D eigenvalue weighted by Gasteiger charge is 2.13. The monoisotopic (exact) mass is 399 g/mol. The normalized spacial score (nSPS) is 10.8. The molecule has 0 aliphatic carbocycles. The van der Waals surface area contributed by atoms with E-state index in [4.69, 9.17) is 14.9 Å². The van der Waals surface area contributed by atoms with Crippen molar-refractivity contribution in [2.24, 2.45) is 0 Å².